The first-order valence-corrected chi connectivity index (χ1v) is 7.77. The van der Waals surface area contributed by atoms with E-state index in [9.17, 15) is 14.7 Å². The fraction of sp³-hybridized carbons (Fsp3) is 0.0588. The van der Waals surface area contributed by atoms with Gasteiger partial charge in [-0.15, -0.1) is 0 Å². The lowest BCUT2D eigenvalue weighted by Gasteiger charge is -2.11. The lowest BCUT2D eigenvalue weighted by molar-refractivity contribution is -0.123. The van der Waals surface area contributed by atoms with Crippen molar-refractivity contribution in [3.8, 4) is 5.75 Å². The van der Waals surface area contributed by atoms with E-state index in [0.717, 1.165) is 10.5 Å². The van der Waals surface area contributed by atoms with Crippen LogP contribution >= 0.6 is 23.2 Å². The fourth-order valence-corrected chi connectivity index (χ4v) is 2.59. The average molecular weight is 363 g/mol. The topological polar surface area (TPSA) is 69.6 Å². The van der Waals surface area contributed by atoms with Crippen molar-refractivity contribution >= 4 is 41.2 Å². The van der Waals surface area contributed by atoms with Crippen LogP contribution in [0.2, 0.25) is 10.0 Å². The number of imide groups is 1. The van der Waals surface area contributed by atoms with Gasteiger partial charge in [0.2, 0.25) is 0 Å². The fourth-order valence-electron chi connectivity index (χ4n) is 2.28. The Morgan fingerprint density at radius 1 is 1.04 bits per heavy atom. The number of nitrogens with one attached hydrogen (secondary N) is 1. The summed E-state index contributed by atoms with van der Waals surface area (Å²) in [5.41, 5.74) is 1.20. The molecule has 1 fully saturated rings. The second-order valence-corrected chi connectivity index (χ2v) is 6.08. The largest absolute Gasteiger partial charge is 0.507 e. The van der Waals surface area contributed by atoms with Crippen LogP contribution in [-0.2, 0) is 11.3 Å². The highest BCUT2D eigenvalue weighted by Crippen LogP contribution is 2.25. The molecule has 1 saturated heterocycles. The van der Waals surface area contributed by atoms with E-state index in [2.05, 4.69) is 5.32 Å². The van der Waals surface area contributed by atoms with Crippen molar-refractivity contribution in [2.24, 2.45) is 0 Å². The van der Waals surface area contributed by atoms with E-state index in [1.807, 2.05) is 0 Å². The highest BCUT2D eigenvalue weighted by atomic mass is 35.5. The standard InChI is InChI=1S/C17H12Cl2N2O3/c18-12-3-1-10(2-4-12)9-21-16(23)14(20-17(21)24)8-11-7-13(19)5-6-15(11)22/h1-8,22H,9H2,(H,20,24)/b14-8+. The highest BCUT2D eigenvalue weighted by molar-refractivity contribution is 6.31. The van der Waals surface area contributed by atoms with Crippen LogP contribution < -0.4 is 5.32 Å². The zero-order chi connectivity index (χ0) is 17.3. The molecule has 1 aliphatic heterocycles. The van der Waals surface area contributed by atoms with Gasteiger partial charge in [-0.1, -0.05) is 35.3 Å². The summed E-state index contributed by atoms with van der Waals surface area (Å²) in [5, 5.41) is 13.3. The van der Waals surface area contributed by atoms with E-state index in [1.54, 1.807) is 24.3 Å². The summed E-state index contributed by atoms with van der Waals surface area (Å²) in [5.74, 6) is -0.514. The van der Waals surface area contributed by atoms with Gasteiger partial charge in [0.05, 0.1) is 6.54 Å². The van der Waals surface area contributed by atoms with Gasteiger partial charge >= 0.3 is 6.03 Å². The quantitative estimate of drug-likeness (QED) is 0.644. The van der Waals surface area contributed by atoms with Crippen molar-refractivity contribution in [1.82, 2.24) is 10.2 Å². The zero-order valence-corrected chi connectivity index (χ0v) is 13.8. The van der Waals surface area contributed by atoms with Gasteiger partial charge in [0, 0.05) is 15.6 Å². The molecule has 7 heteroatoms. The van der Waals surface area contributed by atoms with E-state index >= 15 is 0 Å². The Bertz CT molecular complexity index is 847. The Morgan fingerprint density at radius 3 is 2.42 bits per heavy atom. The van der Waals surface area contributed by atoms with Crippen molar-refractivity contribution in [2.45, 2.75) is 6.54 Å². The first kappa shape index (κ1) is 16.4. The van der Waals surface area contributed by atoms with Gasteiger partial charge < -0.3 is 10.4 Å². The molecule has 0 spiro atoms. The molecule has 2 N–H and O–H groups in total. The molecule has 3 amide bonds. The minimum atomic E-state index is -0.525. The van der Waals surface area contributed by atoms with Crippen LogP contribution in [-0.4, -0.2) is 21.9 Å². The number of hydrogen-bond acceptors (Lipinski definition) is 3. The number of aromatic hydroxyl groups is 1. The Balaban J connectivity index is 1.84. The zero-order valence-electron chi connectivity index (χ0n) is 12.3. The SMILES string of the molecule is O=C1N/C(=C/c2cc(Cl)ccc2O)C(=O)N1Cc1ccc(Cl)cc1. The molecule has 0 radical (unpaired) electrons. The van der Waals surface area contributed by atoms with Crippen LogP contribution in [0.5, 0.6) is 5.75 Å². The van der Waals surface area contributed by atoms with Gasteiger partial charge in [-0.2, -0.15) is 0 Å². The monoisotopic (exact) mass is 362 g/mol. The molecule has 0 saturated carbocycles. The van der Waals surface area contributed by atoms with E-state index < -0.39 is 11.9 Å². The molecule has 1 heterocycles. The maximum Gasteiger partial charge on any atom is 0.329 e. The maximum atomic E-state index is 12.4. The van der Waals surface area contributed by atoms with Gasteiger partial charge in [-0.3, -0.25) is 9.69 Å². The van der Waals surface area contributed by atoms with Crippen LogP contribution in [0.1, 0.15) is 11.1 Å². The van der Waals surface area contributed by atoms with Crippen LogP contribution in [0.25, 0.3) is 6.08 Å². The van der Waals surface area contributed by atoms with Gasteiger partial charge in [0.25, 0.3) is 5.91 Å². The predicted molar refractivity (Wildman–Crippen MR) is 91.6 cm³/mol. The summed E-state index contributed by atoms with van der Waals surface area (Å²) < 4.78 is 0. The molecule has 3 rings (SSSR count). The number of phenols is 1. The molecule has 0 aromatic heterocycles. The Labute approximate surface area is 148 Å². The first-order chi connectivity index (χ1) is 11.4. The average Bonchev–Trinajstić information content (AvgIpc) is 2.80. The summed E-state index contributed by atoms with van der Waals surface area (Å²) in [6.45, 7) is 0.126. The first-order valence-electron chi connectivity index (χ1n) is 7.01. The van der Waals surface area contributed by atoms with E-state index in [-0.39, 0.29) is 18.0 Å². The summed E-state index contributed by atoms with van der Waals surface area (Å²) in [6.07, 6.45) is 1.39. The van der Waals surface area contributed by atoms with Crippen molar-refractivity contribution in [3.63, 3.8) is 0 Å². The van der Waals surface area contributed by atoms with E-state index in [1.165, 1.54) is 24.3 Å². The molecule has 24 heavy (non-hydrogen) atoms. The summed E-state index contributed by atoms with van der Waals surface area (Å²) >= 11 is 11.7. The smallest absolute Gasteiger partial charge is 0.329 e. The molecular formula is C17H12Cl2N2O3. The number of hydrogen-bond donors (Lipinski definition) is 2. The Kier molecular flexibility index (Phi) is 4.46. The van der Waals surface area contributed by atoms with Gasteiger partial charge in [-0.25, -0.2) is 4.79 Å². The molecule has 122 valence electrons. The molecule has 5 nitrogen and oxygen atoms in total. The molecule has 2 aromatic carbocycles. The lowest BCUT2D eigenvalue weighted by Crippen LogP contribution is -2.30. The Hall–Kier alpha value is -2.50. The lowest BCUT2D eigenvalue weighted by atomic mass is 10.1. The van der Waals surface area contributed by atoms with Crippen molar-refractivity contribution in [2.75, 3.05) is 0 Å². The van der Waals surface area contributed by atoms with Crippen molar-refractivity contribution < 1.29 is 14.7 Å². The van der Waals surface area contributed by atoms with Crippen LogP contribution in [0, 0.1) is 0 Å². The number of phenolic OH excluding ortho intramolecular Hbond substituents is 1. The molecule has 1 aliphatic rings. The minimum Gasteiger partial charge on any atom is -0.507 e. The number of benzene rings is 2. The third-order valence-corrected chi connectivity index (χ3v) is 3.99. The van der Waals surface area contributed by atoms with Gasteiger partial charge in [0.1, 0.15) is 11.4 Å². The molecule has 0 aliphatic carbocycles. The second kappa shape index (κ2) is 6.55. The van der Waals surface area contributed by atoms with Crippen LogP contribution in [0.3, 0.4) is 0 Å². The number of rotatable bonds is 3. The predicted octanol–water partition coefficient (Wildman–Crippen LogP) is 3.79. The minimum absolute atomic E-state index is 0.0369. The summed E-state index contributed by atoms with van der Waals surface area (Å²) in [6, 6.07) is 10.8. The number of nitrogens with zero attached hydrogens (tertiary/aromatic N) is 1. The number of halogens is 2. The van der Waals surface area contributed by atoms with Crippen LogP contribution in [0.4, 0.5) is 4.79 Å². The van der Waals surface area contributed by atoms with Crippen LogP contribution in [0.15, 0.2) is 48.2 Å². The molecular weight excluding hydrogens is 351 g/mol. The van der Waals surface area contributed by atoms with E-state index in [4.69, 9.17) is 23.2 Å². The van der Waals surface area contributed by atoms with Crippen molar-refractivity contribution in [3.05, 3.63) is 69.3 Å². The number of carbonyl (C=O) groups excluding carboxylic acids is 2. The number of urea groups is 1. The second-order valence-electron chi connectivity index (χ2n) is 5.21. The summed E-state index contributed by atoms with van der Waals surface area (Å²) in [4.78, 5) is 25.5. The summed E-state index contributed by atoms with van der Waals surface area (Å²) in [7, 11) is 0. The molecule has 0 unspecified atom stereocenters. The molecule has 0 bridgehead atoms. The number of amides is 3. The van der Waals surface area contributed by atoms with Crippen molar-refractivity contribution in [1.29, 1.82) is 0 Å². The van der Waals surface area contributed by atoms with Gasteiger partial charge in [0.15, 0.2) is 0 Å². The van der Waals surface area contributed by atoms with Gasteiger partial charge in [-0.05, 0) is 42.0 Å². The molecule has 0 atom stereocenters. The highest BCUT2D eigenvalue weighted by Gasteiger charge is 2.33. The third kappa shape index (κ3) is 3.37. The third-order valence-electron chi connectivity index (χ3n) is 3.51. The molecule has 2 aromatic rings. The Morgan fingerprint density at radius 2 is 1.71 bits per heavy atom. The normalized spacial score (nSPS) is 15.9. The number of carbonyl (C=O) groups is 2. The van der Waals surface area contributed by atoms with E-state index in [0.29, 0.717) is 15.6 Å². The maximum absolute atomic E-state index is 12.4.